The molecule has 1 aromatic heterocycles. The number of hydrogen-bond acceptors (Lipinski definition) is 5. The average molecular weight is 420 g/mol. The first-order valence-corrected chi connectivity index (χ1v) is 11.7. The Kier molecular flexibility index (Phi) is 4.17. The predicted molar refractivity (Wildman–Crippen MR) is 118 cm³/mol. The van der Waals surface area contributed by atoms with Gasteiger partial charge in [0.1, 0.15) is 5.01 Å². The maximum Gasteiger partial charge on any atom is 0.317 e. The lowest BCUT2D eigenvalue weighted by molar-refractivity contribution is -0.161. The molecule has 4 saturated carbocycles. The minimum atomic E-state index is -0.272. The Morgan fingerprint density at radius 1 is 1.00 bits per heavy atom. The average Bonchev–Trinajstić information content (AvgIpc) is 3.17. The van der Waals surface area contributed by atoms with E-state index in [1.54, 1.807) is 18.4 Å². The van der Waals surface area contributed by atoms with Crippen LogP contribution in [0.2, 0.25) is 0 Å². The molecule has 3 aromatic rings. The molecule has 0 saturated heterocycles. The van der Waals surface area contributed by atoms with Gasteiger partial charge >= 0.3 is 5.97 Å². The normalized spacial score (nSPS) is 29.3. The van der Waals surface area contributed by atoms with E-state index in [1.807, 2.05) is 36.4 Å². The zero-order chi connectivity index (χ0) is 20.3. The highest BCUT2D eigenvalue weighted by Gasteiger charge is 2.55. The summed E-state index contributed by atoms with van der Waals surface area (Å²) in [6.07, 6.45) is 6.95. The number of esters is 1. The van der Waals surface area contributed by atoms with Gasteiger partial charge in [-0.3, -0.25) is 4.79 Å². The second-order valence-corrected chi connectivity index (χ2v) is 10.5. The zero-order valence-corrected chi connectivity index (χ0v) is 17.9. The minimum Gasteiger partial charge on any atom is -0.493 e. The van der Waals surface area contributed by atoms with Crippen LogP contribution in [0.3, 0.4) is 0 Å². The number of carbonyl (C=O) groups excluding carboxylic acids is 1. The minimum absolute atomic E-state index is 0.0485. The van der Waals surface area contributed by atoms with Crippen LogP contribution >= 0.6 is 11.3 Å². The molecule has 0 spiro atoms. The SMILES string of the molecule is COc1cc(-c2nc3ccccc3s2)ccc1OC(=O)C12CC3CC(CC(C3)C1)C2. The maximum absolute atomic E-state index is 13.3. The summed E-state index contributed by atoms with van der Waals surface area (Å²) in [4.78, 5) is 18.0. The first-order chi connectivity index (χ1) is 14.6. The molecule has 154 valence electrons. The molecule has 1 heterocycles. The lowest BCUT2D eigenvalue weighted by Crippen LogP contribution is -2.51. The number of nitrogens with zero attached hydrogens (tertiary/aromatic N) is 1. The molecule has 0 atom stereocenters. The Labute approximate surface area is 180 Å². The van der Waals surface area contributed by atoms with Crippen molar-refractivity contribution in [1.29, 1.82) is 0 Å². The molecule has 0 N–H and O–H groups in total. The number of fused-ring (bicyclic) bond motifs is 1. The lowest BCUT2D eigenvalue weighted by atomic mass is 9.49. The Hall–Kier alpha value is -2.40. The van der Waals surface area contributed by atoms with E-state index >= 15 is 0 Å². The van der Waals surface area contributed by atoms with E-state index in [9.17, 15) is 4.79 Å². The molecule has 0 radical (unpaired) electrons. The number of thiazole rings is 1. The Balaban J connectivity index is 1.28. The van der Waals surface area contributed by atoms with Crippen LogP contribution in [0.4, 0.5) is 0 Å². The summed E-state index contributed by atoms with van der Waals surface area (Å²) in [7, 11) is 1.62. The van der Waals surface area contributed by atoms with Gasteiger partial charge in [0.15, 0.2) is 11.5 Å². The topological polar surface area (TPSA) is 48.4 Å². The number of rotatable bonds is 4. The van der Waals surface area contributed by atoms with Gasteiger partial charge < -0.3 is 9.47 Å². The van der Waals surface area contributed by atoms with Crippen molar-refractivity contribution in [3.8, 4) is 22.1 Å². The summed E-state index contributed by atoms with van der Waals surface area (Å²) in [5.41, 5.74) is 1.70. The molecule has 30 heavy (non-hydrogen) atoms. The van der Waals surface area contributed by atoms with Gasteiger partial charge in [-0.1, -0.05) is 12.1 Å². The summed E-state index contributed by atoms with van der Waals surface area (Å²) in [5, 5.41) is 0.938. The van der Waals surface area contributed by atoms with E-state index in [4.69, 9.17) is 14.5 Å². The van der Waals surface area contributed by atoms with Gasteiger partial charge in [-0.15, -0.1) is 11.3 Å². The highest BCUT2D eigenvalue weighted by Crippen LogP contribution is 2.60. The summed E-state index contributed by atoms with van der Waals surface area (Å²) in [6.45, 7) is 0. The monoisotopic (exact) mass is 419 g/mol. The van der Waals surface area contributed by atoms with Crippen LogP contribution in [-0.4, -0.2) is 18.1 Å². The Bertz CT molecular complexity index is 1070. The van der Waals surface area contributed by atoms with Crippen molar-refractivity contribution in [2.75, 3.05) is 7.11 Å². The van der Waals surface area contributed by atoms with Crippen molar-refractivity contribution in [2.45, 2.75) is 38.5 Å². The molecule has 4 aliphatic rings. The van der Waals surface area contributed by atoms with Crippen molar-refractivity contribution >= 4 is 27.5 Å². The highest BCUT2D eigenvalue weighted by molar-refractivity contribution is 7.21. The number of ether oxygens (including phenoxy) is 2. The second-order valence-electron chi connectivity index (χ2n) is 9.44. The van der Waals surface area contributed by atoms with Crippen LogP contribution in [0, 0.1) is 23.2 Å². The number of aromatic nitrogens is 1. The molecule has 0 aliphatic heterocycles. The molecule has 4 aliphatic carbocycles. The standard InChI is InChI=1S/C25H25NO3S/c1-28-21-11-18(23-26-19-4-2-3-5-22(19)30-23)6-7-20(21)29-24(27)25-12-15-8-16(13-25)10-17(9-15)14-25/h2-7,11,15-17H,8-10,12-14H2,1H3. The Morgan fingerprint density at radius 3 is 2.37 bits per heavy atom. The van der Waals surface area contributed by atoms with E-state index in [2.05, 4.69) is 6.07 Å². The van der Waals surface area contributed by atoms with Crippen molar-refractivity contribution in [3.05, 3.63) is 42.5 Å². The van der Waals surface area contributed by atoms with Crippen LogP contribution in [-0.2, 0) is 4.79 Å². The second kappa shape index (κ2) is 6.81. The molecule has 4 fully saturated rings. The molecule has 0 unspecified atom stereocenters. The maximum atomic E-state index is 13.3. The smallest absolute Gasteiger partial charge is 0.317 e. The number of methoxy groups -OCH3 is 1. The molecule has 4 bridgehead atoms. The summed E-state index contributed by atoms with van der Waals surface area (Å²) < 4.78 is 12.7. The van der Waals surface area contributed by atoms with Crippen LogP contribution in [0.15, 0.2) is 42.5 Å². The third-order valence-electron chi connectivity index (χ3n) is 7.38. The molecule has 2 aromatic carbocycles. The van der Waals surface area contributed by atoms with Crippen LogP contribution < -0.4 is 9.47 Å². The van der Waals surface area contributed by atoms with Crippen molar-refractivity contribution in [3.63, 3.8) is 0 Å². The zero-order valence-electron chi connectivity index (χ0n) is 17.1. The van der Waals surface area contributed by atoms with Crippen molar-refractivity contribution in [2.24, 2.45) is 23.2 Å². The third kappa shape index (κ3) is 2.94. The van der Waals surface area contributed by atoms with Crippen LogP contribution in [0.5, 0.6) is 11.5 Å². The largest absolute Gasteiger partial charge is 0.493 e. The molecule has 5 heteroatoms. The van der Waals surface area contributed by atoms with Gasteiger partial charge in [-0.2, -0.15) is 0 Å². The van der Waals surface area contributed by atoms with Gasteiger partial charge in [0.2, 0.25) is 0 Å². The fourth-order valence-corrected chi connectivity index (χ4v) is 7.41. The van der Waals surface area contributed by atoms with E-state index in [0.717, 1.165) is 40.1 Å². The first-order valence-electron chi connectivity index (χ1n) is 10.9. The fourth-order valence-electron chi connectivity index (χ4n) is 6.45. The third-order valence-corrected chi connectivity index (χ3v) is 8.46. The summed E-state index contributed by atoms with van der Waals surface area (Å²) in [5.74, 6) is 3.20. The molecular weight excluding hydrogens is 394 g/mol. The first kappa shape index (κ1) is 18.4. The number of hydrogen-bond donors (Lipinski definition) is 0. The Morgan fingerprint density at radius 2 is 1.70 bits per heavy atom. The van der Waals surface area contributed by atoms with Gasteiger partial charge in [0, 0.05) is 5.56 Å². The van der Waals surface area contributed by atoms with Crippen LogP contribution in [0.1, 0.15) is 38.5 Å². The quantitative estimate of drug-likeness (QED) is 0.379. The van der Waals surface area contributed by atoms with Crippen molar-refractivity contribution < 1.29 is 14.3 Å². The van der Waals surface area contributed by atoms with E-state index in [0.29, 0.717) is 29.3 Å². The summed E-state index contributed by atoms with van der Waals surface area (Å²) >= 11 is 1.65. The number of carbonyl (C=O) groups is 1. The van der Waals surface area contributed by atoms with E-state index < -0.39 is 0 Å². The predicted octanol–water partition coefficient (Wildman–Crippen LogP) is 6.09. The van der Waals surface area contributed by atoms with Crippen LogP contribution in [0.25, 0.3) is 20.8 Å². The molecule has 4 nitrogen and oxygen atoms in total. The van der Waals surface area contributed by atoms with Gasteiger partial charge in [-0.05, 0) is 86.6 Å². The number of benzene rings is 2. The number of para-hydroxylation sites is 1. The van der Waals surface area contributed by atoms with Gasteiger partial charge in [0.05, 0.1) is 22.7 Å². The van der Waals surface area contributed by atoms with E-state index in [-0.39, 0.29) is 11.4 Å². The lowest BCUT2D eigenvalue weighted by Gasteiger charge is -2.55. The summed E-state index contributed by atoms with van der Waals surface area (Å²) in [6, 6.07) is 13.9. The molecule has 0 amide bonds. The fraction of sp³-hybridized carbons (Fsp3) is 0.440. The van der Waals surface area contributed by atoms with Gasteiger partial charge in [-0.25, -0.2) is 4.98 Å². The molecule has 7 rings (SSSR count). The highest BCUT2D eigenvalue weighted by atomic mass is 32.1. The van der Waals surface area contributed by atoms with E-state index in [1.165, 1.54) is 19.3 Å². The molecular formula is C25H25NO3S. The van der Waals surface area contributed by atoms with Crippen molar-refractivity contribution in [1.82, 2.24) is 4.98 Å². The van der Waals surface area contributed by atoms with Gasteiger partial charge in [0.25, 0.3) is 0 Å².